The lowest BCUT2D eigenvalue weighted by Gasteiger charge is -2.26. The quantitative estimate of drug-likeness (QED) is 0.250. The molecule has 0 spiro atoms. The summed E-state index contributed by atoms with van der Waals surface area (Å²) < 4.78 is 25.9. The fraction of sp³-hybridized carbons (Fsp3) is 0.233. The highest BCUT2D eigenvalue weighted by atomic mass is 79.9. The molecule has 5 rings (SSSR count). The van der Waals surface area contributed by atoms with Gasteiger partial charge >= 0.3 is 5.97 Å². The van der Waals surface area contributed by atoms with E-state index in [0.717, 1.165) is 10.0 Å². The van der Waals surface area contributed by atoms with Crippen LogP contribution in [0.4, 0.5) is 0 Å². The number of aromatic nitrogens is 1. The molecule has 0 radical (unpaired) electrons. The molecule has 0 N–H and O–H groups in total. The van der Waals surface area contributed by atoms with Crippen molar-refractivity contribution < 1.29 is 23.4 Å². The molecule has 0 amide bonds. The summed E-state index contributed by atoms with van der Waals surface area (Å²) in [4.78, 5) is 32.3. The van der Waals surface area contributed by atoms with Crippen LogP contribution in [0.25, 0.3) is 17.4 Å². The molecule has 1 aliphatic heterocycles. The number of benzene rings is 2. The first-order chi connectivity index (χ1) is 19.4. The number of carbonyl (C=O) groups excluding carboxylic acids is 1. The molecule has 206 valence electrons. The SMILES string of the molecule is CCOC(=O)C1=C(C)N=c2s/c(=C/c3ccc(-c4ccc(Br)cc4)o3)c(=O)n2[C@H]1c1cccc(OC)c1OCC. The molecule has 2 aromatic heterocycles. The highest BCUT2D eigenvalue weighted by molar-refractivity contribution is 9.10. The van der Waals surface area contributed by atoms with E-state index in [-0.39, 0.29) is 17.7 Å². The van der Waals surface area contributed by atoms with Crippen molar-refractivity contribution in [2.24, 2.45) is 4.99 Å². The number of allylic oxidation sites excluding steroid dienone is 1. The normalized spacial score (nSPS) is 15.0. The van der Waals surface area contributed by atoms with Crippen molar-refractivity contribution in [3.63, 3.8) is 0 Å². The van der Waals surface area contributed by atoms with E-state index in [2.05, 4.69) is 20.9 Å². The largest absolute Gasteiger partial charge is 0.493 e. The Morgan fingerprint density at radius 2 is 1.90 bits per heavy atom. The lowest BCUT2D eigenvalue weighted by Crippen LogP contribution is -2.40. The molecule has 1 aliphatic rings. The average molecular weight is 624 g/mol. The number of hydrogen-bond donors (Lipinski definition) is 0. The van der Waals surface area contributed by atoms with E-state index in [1.807, 2.05) is 49.4 Å². The maximum Gasteiger partial charge on any atom is 0.338 e. The second-order valence-corrected chi connectivity index (χ2v) is 10.7. The Kier molecular flexibility index (Phi) is 8.09. The topological polar surface area (TPSA) is 92.3 Å². The molecule has 1 atom stereocenters. The van der Waals surface area contributed by atoms with E-state index < -0.39 is 12.0 Å². The maximum atomic E-state index is 14.0. The first-order valence-corrected chi connectivity index (χ1v) is 14.3. The number of methoxy groups -OCH3 is 1. The predicted octanol–water partition coefficient (Wildman–Crippen LogP) is 5.23. The summed E-state index contributed by atoms with van der Waals surface area (Å²) in [7, 11) is 1.55. The zero-order chi connectivity index (χ0) is 28.4. The second-order valence-electron chi connectivity index (χ2n) is 8.82. The lowest BCUT2D eigenvalue weighted by atomic mass is 9.94. The summed E-state index contributed by atoms with van der Waals surface area (Å²) in [5.41, 5.74) is 1.94. The molecule has 8 nitrogen and oxygen atoms in total. The van der Waals surface area contributed by atoms with Crippen molar-refractivity contribution in [2.75, 3.05) is 20.3 Å². The molecule has 2 aromatic carbocycles. The number of fused-ring (bicyclic) bond motifs is 1. The maximum absolute atomic E-state index is 14.0. The molecule has 10 heteroatoms. The highest BCUT2D eigenvalue weighted by Gasteiger charge is 2.36. The minimum absolute atomic E-state index is 0.183. The molecular weight excluding hydrogens is 596 g/mol. The Labute approximate surface area is 243 Å². The van der Waals surface area contributed by atoms with Crippen LogP contribution in [0.2, 0.25) is 0 Å². The molecule has 3 heterocycles. The Bertz CT molecular complexity index is 1780. The average Bonchev–Trinajstić information content (AvgIpc) is 3.53. The van der Waals surface area contributed by atoms with Crippen LogP contribution in [0.15, 0.2) is 84.5 Å². The van der Waals surface area contributed by atoms with Crippen LogP contribution in [0.1, 0.15) is 38.1 Å². The van der Waals surface area contributed by atoms with Gasteiger partial charge in [-0.3, -0.25) is 9.36 Å². The summed E-state index contributed by atoms with van der Waals surface area (Å²) in [5, 5.41) is 0. The van der Waals surface area contributed by atoms with Crippen LogP contribution in [-0.2, 0) is 9.53 Å². The first kappa shape index (κ1) is 27.7. The van der Waals surface area contributed by atoms with Gasteiger partial charge in [0.2, 0.25) is 0 Å². The number of halogens is 1. The van der Waals surface area contributed by atoms with Crippen LogP contribution in [0, 0.1) is 0 Å². The third-order valence-electron chi connectivity index (χ3n) is 6.36. The van der Waals surface area contributed by atoms with Crippen molar-refractivity contribution in [1.82, 2.24) is 4.57 Å². The molecule has 0 aliphatic carbocycles. The van der Waals surface area contributed by atoms with Crippen molar-refractivity contribution in [2.45, 2.75) is 26.8 Å². The van der Waals surface area contributed by atoms with Crippen LogP contribution in [0.3, 0.4) is 0 Å². The van der Waals surface area contributed by atoms with Gasteiger partial charge in [0.25, 0.3) is 5.56 Å². The first-order valence-electron chi connectivity index (χ1n) is 12.7. The molecule has 0 fully saturated rings. The van der Waals surface area contributed by atoms with E-state index in [1.165, 1.54) is 15.9 Å². The number of hydrogen-bond acceptors (Lipinski definition) is 8. The Hall–Kier alpha value is -3.89. The monoisotopic (exact) mass is 622 g/mol. The number of rotatable bonds is 8. The van der Waals surface area contributed by atoms with Crippen molar-refractivity contribution in [3.8, 4) is 22.8 Å². The van der Waals surface area contributed by atoms with E-state index in [0.29, 0.717) is 50.2 Å². The molecule has 0 bridgehead atoms. The van der Waals surface area contributed by atoms with E-state index in [4.69, 9.17) is 18.6 Å². The van der Waals surface area contributed by atoms with E-state index >= 15 is 0 Å². The summed E-state index contributed by atoms with van der Waals surface area (Å²) >= 11 is 4.67. The van der Waals surface area contributed by atoms with Gasteiger partial charge in [0, 0.05) is 21.7 Å². The van der Waals surface area contributed by atoms with Gasteiger partial charge < -0.3 is 18.6 Å². The summed E-state index contributed by atoms with van der Waals surface area (Å²) in [6.45, 7) is 5.89. The van der Waals surface area contributed by atoms with Gasteiger partial charge in [0.15, 0.2) is 16.3 Å². The molecule has 4 aromatic rings. The zero-order valence-corrected chi connectivity index (χ0v) is 24.8. The minimum atomic E-state index is -0.830. The Balaban J connectivity index is 1.69. The van der Waals surface area contributed by atoms with Crippen molar-refractivity contribution in [3.05, 3.63) is 101 Å². The number of nitrogens with zero attached hydrogens (tertiary/aromatic N) is 2. The number of para-hydroxylation sites is 1. The fourth-order valence-corrected chi connectivity index (χ4v) is 5.91. The van der Waals surface area contributed by atoms with Crippen LogP contribution >= 0.6 is 27.3 Å². The number of thiazole rings is 1. The van der Waals surface area contributed by atoms with Crippen molar-refractivity contribution in [1.29, 1.82) is 0 Å². The molecular formula is C30H27BrN2O6S. The predicted molar refractivity (Wildman–Crippen MR) is 156 cm³/mol. The van der Waals surface area contributed by atoms with Gasteiger partial charge in [-0.05, 0) is 51.1 Å². The third kappa shape index (κ3) is 5.16. The molecule has 0 saturated heterocycles. The lowest BCUT2D eigenvalue weighted by molar-refractivity contribution is -0.139. The van der Waals surface area contributed by atoms with Gasteiger partial charge in [0.1, 0.15) is 17.6 Å². The van der Waals surface area contributed by atoms with Gasteiger partial charge in [0.05, 0.1) is 36.1 Å². The Morgan fingerprint density at radius 1 is 1.12 bits per heavy atom. The fourth-order valence-electron chi connectivity index (χ4n) is 4.62. The van der Waals surface area contributed by atoms with Crippen LogP contribution in [-0.4, -0.2) is 30.9 Å². The standard InChI is InChI=1S/C30H27BrN2O6S/c1-5-37-27-21(8-7-9-23(27)36-4)26-25(29(35)38-6-2)17(3)32-30-33(26)28(34)24(40-30)16-20-14-15-22(39-20)18-10-12-19(31)13-11-18/h7-16,26H,5-6H2,1-4H3/b24-16+/t26-/m0/s1. The number of ether oxygens (including phenoxy) is 3. The number of furan rings is 1. The summed E-state index contributed by atoms with van der Waals surface area (Å²) in [6, 6.07) is 16.0. The molecule has 40 heavy (non-hydrogen) atoms. The second kappa shape index (κ2) is 11.7. The number of carbonyl (C=O) groups is 1. The smallest absolute Gasteiger partial charge is 0.338 e. The molecule has 0 saturated carbocycles. The van der Waals surface area contributed by atoms with E-state index in [1.54, 1.807) is 39.2 Å². The van der Waals surface area contributed by atoms with E-state index in [9.17, 15) is 9.59 Å². The number of esters is 1. The van der Waals surface area contributed by atoms with Gasteiger partial charge in [-0.15, -0.1) is 0 Å². The van der Waals surface area contributed by atoms with Crippen LogP contribution in [0.5, 0.6) is 11.5 Å². The highest BCUT2D eigenvalue weighted by Crippen LogP contribution is 2.40. The van der Waals surface area contributed by atoms with Gasteiger partial charge in [-0.25, -0.2) is 9.79 Å². The summed E-state index contributed by atoms with van der Waals surface area (Å²) in [5.74, 6) is 1.61. The Morgan fingerprint density at radius 3 is 2.60 bits per heavy atom. The third-order valence-corrected chi connectivity index (χ3v) is 7.87. The molecule has 0 unspecified atom stereocenters. The minimum Gasteiger partial charge on any atom is -0.493 e. The zero-order valence-electron chi connectivity index (χ0n) is 22.4. The van der Waals surface area contributed by atoms with Crippen molar-refractivity contribution >= 4 is 39.3 Å². The van der Waals surface area contributed by atoms with Crippen LogP contribution < -0.4 is 24.4 Å². The summed E-state index contributed by atoms with van der Waals surface area (Å²) in [6.07, 6.45) is 1.70. The van der Waals surface area contributed by atoms with Gasteiger partial charge in [-0.1, -0.05) is 51.5 Å². The van der Waals surface area contributed by atoms with Gasteiger partial charge in [-0.2, -0.15) is 0 Å².